The third-order valence-corrected chi connectivity index (χ3v) is 6.83. The SMILES string of the molecule is CCC1CCCCN1C(=O)CCN(CCC1=CCCCC1)S(C)(=O)=O. The summed E-state index contributed by atoms with van der Waals surface area (Å²) in [6.07, 6.45) is 13.5. The summed E-state index contributed by atoms with van der Waals surface area (Å²) in [5, 5.41) is 0. The summed E-state index contributed by atoms with van der Waals surface area (Å²) in [6.45, 7) is 3.74. The molecule has 2 rings (SSSR count). The lowest BCUT2D eigenvalue weighted by Gasteiger charge is -2.35. The Morgan fingerprint density at radius 2 is 2.04 bits per heavy atom. The van der Waals surface area contributed by atoms with Gasteiger partial charge in [-0.2, -0.15) is 0 Å². The number of hydrogen-bond acceptors (Lipinski definition) is 3. The van der Waals surface area contributed by atoms with Gasteiger partial charge in [0.05, 0.1) is 6.26 Å². The largest absolute Gasteiger partial charge is 0.340 e. The van der Waals surface area contributed by atoms with Crippen molar-refractivity contribution in [2.45, 2.75) is 77.2 Å². The zero-order chi connectivity index (χ0) is 18.3. The van der Waals surface area contributed by atoms with Crippen molar-refractivity contribution >= 4 is 15.9 Å². The molecule has 1 atom stereocenters. The van der Waals surface area contributed by atoms with E-state index < -0.39 is 10.0 Å². The molecule has 0 aromatic rings. The number of hydrogen-bond donors (Lipinski definition) is 0. The molecule has 0 N–H and O–H groups in total. The molecule has 5 nitrogen and oxygen atoms in total. The van der Waals surface area contributed by atoms with Crippen molar-refractivity contribution < 1.29 is 13.2 Å². The summed E-state index contributed by atoms with van der Waals surface area (Å²) in [5.74, 6) is 0.108. The van der Waals surface area contributed by atoms with Gasteiger partial charge in [0, 0.05) is 32.1 Å². The van der Waals surface area contributed by atoms with E-state index in [0.29, 0.717) is 25.6 Å². The van der Waals surface area contributed by atoms with Gasteiger partial charge in [-0.3, -0.25) is 4.79 Å². The number of allylic oxidation sites excluding steroid dienone is 1. The van der Waals surface area contributed by atoms with E-state index in [2.05, 4.69) is 13.0 Å². The first-order valence-electron chi connectivity index (χ1n) is 9.84. The molecule has 1 unspecified atom stereocenters. The number of carbonyl (C=O) groups is 1. The quantitative estimate of drug-likeness (QED) is 0.616. The number of carbonyl (C=O) groups excluding carboxylic acids is 1. The van der Waals surface area contributed by atoms with E-state index >= 15 is 0 Å². The zero-order valence-corrected chi connectivity index (χ0v) is 16.7. The first-order chi connectivity index (χ1) is 11.9. The highest BCUT2D eigenvalue weighted by molar-refractivity contribution is 7.88. The fourth-order valence-corrected chi connectivity index (χ4v) is 4.81. The minimum absolute atomic E-state index is 0.108. The van der Waals surface area contributed by atoms with Crippen molar-refractivity contribution in [2.75, 3.05) is 25.9 Å². The number of rotatable bonds is 8. The Morgan fingerprint density at radius 1 is 1.24 bits per heavy atom. The molecule has 1 heterocycles. The summed E-state index contributed by atoms with van der Waals surface area (Å²) in [4.78, 5) is 14.6. The Kier molecular flexibility index (Phi) is 7.94. The first kappa shape index (κ1) is 20.4. The van der Waals surface area contributed by atoms with Gasteiger partial charge in [-0.15, -0.1) is 0 Å². The third-order valence-electron chi connectivity index (χ3n) is 5.53. The standard InChI is InChI=1S/C19H34N2O3S/c1-3-18-11-7-8-14-21(18)19(22)13-16-20(25(2,23)24)15-12-17-9-5-4-6-10-17/h9,18H,3-8,10-16H2,1-2H3. The van der Waals surface area contributed by atoms with Crippen molar-refractivity contribution in [2.24, 2.45) is 0 Å². The van der Waals surface area contributed by atoms with Gasteiger partial charge in [0.25, 0.3) is 0 Å². The highest BCUT2D eigenvalue weighted by atomic mass is 32.2. The maximum absolute atomic E-state index is 12.6. The number of amides is 1. The average molecular weight is 371 g/mol. The smallest absolute Gasteiger partial charge is 0.224 e. The van der Waals surface area contributed by atoms with Crippen LogP contribution in [0.2, 0.25) is 0 Å². The predicted octanol–water partition coefficient (Wildman–Crippen LogP) is 3.32. The molecule has 2 aliphatic rings. The highest BCUT2D eigenvalue weighted by Gasteiger charge is 2.26. The van der Waals surface area contributed by atoms with E-state index in [0.717, 1.165) is 45.1 Å². The molecule has 0 radical (unpaired) electrons. The molecule has 0 aromatic carbocycles. The van der Waals surface area contributed by atoms with Gasteiger partial charge < -0.3 is 4.90 Å². The Bertz CT molecular complexity index is 571. The molecule has 25 heavy (non-hydrogen) atoms. The van der Waals surface area contributed by atoms with Gasteiger partial charge in [0.1, 0.15) is 0 Å². The molecule has 6 heteroatoms. The van der Waals surface area contributed by atoms with Crippen molar-refractivity contribution in [3.63, 3.8) is 0 Å². The second kappa shape index (κ2) is 9.72. The van der Waals surface area contributed by atoms with Crippen LogP contribution in [-0.4, -0.2) is 55.5 Å². The van der Waals surface area contributed by atoms with Crippen LogP contribution in [0.1, 0.15) is 71.1 Å². The molecule has 1 amide bonds. The maximum Gasteiger partial charge on any atom is 0.224 e. The van der Waals surface area contributed by atoms with Crippen LogP contribution in [0.4, 0.5) is 0 Å². The Hall–Kier alpha value is -0.880. The predicted molar refractivity (Wildman–Crippen MR) is 102 cm³/mol. The van der Waals surface area contributed by atoms with Crippen LogP contribution in [0.15, 0.2) is 11.6 Å². The van der Waals surface area contributed by atoms with E-state index in [1.54, 1.807) is 0 Å². The van der Waals surface area contributed by atoms with E-state index in [4.69, 9.17) is 0 Å². The fourth-order valence-electron chi connectivity index (χ4n) is 3.96. The molecule has 0 aromatic heterocycles. The maximum atomic E-state index is 12.6. The second-order valence-corrected chi connectivity index (χ2v) is 9.40. The fraction of sp³-hybridized carbons (Fsp3) is 0.842. The molecule has 1 saturated heterocycles. The van der Waals surface area contributed by atoms with Gasteiger partial charge in [-0.25, -0.2) is 12.7 Å². The van der Waals surface area contributed by atoms with Crippen LogP contribution in [-0.2, 0) is 14.8 Å². The van der Waals surface area contributed by atoms with Crippen molar-refractivity contribution in [1.29, 1.82) is 0 Å². The normalized spacial score (nSPS) is 22.1. The van der Waals surface area contributed by atoms with E-state index in [1.807, 2.05) is 4.90 Å². The molecule has 144 valence electrons. The van der Waals surface area contributed by atoms with Crippen LogP contribution >= 0.6 is 0 Å². The van der Waals surface area contributed by atoms with Gasteiger partial charge in [0.15, 0.2) is 0 Å². The van der Waals surface area contributed by atoms with Crippen molar-refractivity contribution in [3.05, 3.63) is 11.6 Å². The van der Waals surface area contributed by atoms with Gasteiger partial charge in [-0.05, 0) is 57.8 Å². The average Bonchev–Trinajstić information content (AvgIpc) is 2.61. The molecular formula is C19H34N2O3S. The second-order valence-electron chi connectivity index (χ2n) is 7.42. The number of piperidine rings is 1. The molecule has 1 fully saturated rings. The topological polar surface area (TPSA) is 57.7 Å². The molecule has 0 spiro atoms. The van der Waals surface area contributed by atoms with Crippen LogP contribution in [0.25, 0.3) is 0 Å². The van der Waals surface area contributed by atoms with Crippen LogP contribution in [0, 0.1) is 0 Å². The number of sulfonamides is 1. The number of nitrogens with zero attached hydrogens (tertiary/aromatic N) is 2. The molecule has 0 saturated carbocycles. The van der Waals surface area contributed by atoms with Gasteiger partial charge >= 0.3 is 0 Å². The number of likely N-dealkylation sites (tertiary alicyclic amines) is 1. The summed E-state index contributed by atoms with van der Waals surface area (Å²) in [7, 11) is -3.28. The zero-order valence-electron chi connectivity index (χ0n) is 15.9. The van der Waals surface area contributed by atoms with E-state index in [-0.39, 0.29) is 5.91 Å². The lowest BCUT2D eigenvalue weighted by Crippen LogP contribution is -2.45. The Labute approximate surface area is 153 Å². The van der Waals surface area contributed by atoms with Gasteiger partial charge in [0.2, 0.25) is 15.9 Å². The van der Waals surface area contributed by atoms with Gasteiger partial charge in [-0.1, -0.05) is 18.6 Å². The van der Waals surface area contributed by atoms with Crippen LogP contribution in [0.3, 0.4) is 0 Å². The lowest BCUT2D eigenvalue weighted by molar-refractivity contribution is -0.135. The molecular weight excluding hydrogens is 336 g/mol. The highest BCUT2D eigenvalue weighted by Crippen LogP contribution is 2.22. The van der Waals surface area contributed by atoms with Crippen LogP contribution in [0.5, 0.6) is 0 Å². The summed E-state index contributed by atoms with van der Waals surface area (Å²) < 4.78 is 25.7. The monoisotopic (exact) mass is 370 g/mol. The van der Waals surface area contributed by atoms with E-state index in [1.165, 1.54) is 35.4 Å². The summed E-state index contributed by atoms with van der Waals surface area (Å²) in [6, 6.07) is 0.334. The summed E-state index contributed by atoms with van der Waals surface area (Å²) >= 11 is 0. The van der Waals surface area contributed by atoms with Crippen molar-refractivity contribution in [1.82, 2.24) is 9.21 Å². The van der Waals surface area contributed by atoms with Crippen molar-refractivity contribution in [3.8, 4) is 0 Å². The van der Waals surface area contributed by atoms with E-state index in [9.17, 15) is 13.2 Å². The van der Waals surface area contributed by atoms with Crippen LogP contribution < -0.4 is 0 Å². The minimum Gasteiger partial charge on any atom is -0.340 e. The summed E-state index contributed by atoms with van der Waals surface area (Å²) in [5.41, 5.74) is 1.37. The lowest BCUT2D eigenvalue weighted by atomic mass is 9.97. The first-order valence-corrected chi connectivity index (χ1v) is 11.7. The molecule has 1 aliphatic carbocycles. The molecule has 1 aliphatic heterocycles. The Balaban J connectivity index is 1.88. The Morgan fingerprint density at radius 3 is 2.68 bits per heavy atom. The third kappa shape index (κ3) is 6.41. The molecule has 0 bridgehead atoms. The minimum atomic E-state index is -3.28.